The summed E-state index contributed by atoms with van der Waals surface area (Å²) in [7, 11) is 0. The third kappa shape index (κ3) is 4.26. The van der Waals surface area contributed by atoms with Crippen molar-refractivity contribution in [1.82, 2.24) is 15.3 Å². The SMILES string of the molecule is Cc1cc(C(=O)NCC(C)CO)nc(-c2ccc(Cl)cc2)n1. The standard InChI is InChI=1S/C16H18ClN3O2/c1-10(9-21)8-18-16(22)14-7-11(2)19-15(20-14)12-3-5-13(17)6-4-12/h3-7,10,21H,8-9H2,1-2H3,(H,18,22). The molecule has 0 radical (unpaired) electrons. The summed E-state index contributed by atoms with van der Waals surface area (Å²) in [5, 5.41) is 12.4. The van der Waals surface area contributed by atoms with Crippen molar-refractivity contribution in [3.05, 3.63) is 46.7 Å². The van der Waals surface area contributed by atoms with E-state index in [9.17, 15) is 4.79 Å². The van der Waals surface area contributed by atoms with Gasteiger partial charge in [0, 0.05) is 29.4 Å². The first-order valence-corrected chi connectivity index (χ1v) is 7.38. The maximum atomic E-state index is 12.2. The second-order valence-electron chi connectivity index (χ2n) is 5.22. The van der Waals surface area contributed by atoms with Crippen molar-refractivity contribution in [2.75, 3.05) is 13.2 Å². The first-order chi connectivity index (χ1) is 10.5. The maximum Gasteiger partial charge on any atom is 0.270 e. The van der Waals surface area contributed by atoms with Gasteiger partial charge in [-0.1, -0.05) is 18.5 Å². The Balaban J connectivity index is 2.23. The minimum absolute atomic E-state index is 0.00243. The molecule has 0 fully saturated rings. The number of carbonyl (C=O) groups is 1. The fraction of sp³-hybridized carbons (Fsp3) is 0.312. The van der Waals surface area contributed by atoms with Crippen molar-refractivity contribution in [3.8, 4) is 11.4 Å². The minimum Gasteiger partial charge on any atom is -0.396 e. The molecule has 1 amide bonds. The average Bonchev–Trinajstić information content (AvgIpc) is 2.52. The number of aliphatic hydroxyl groups is 1. The predicted molar refractivity (Wildman–Crippen MR) is 85.8 cm³/mol. The number of nitrogens with zero attached hydrogens (tertiary/aromatic N) is 2. The van der Waals surface area contributed by atoms with Gasteiger partial charge in [0.25, 0.3) is 5.91 Å². The highest BCUT2D eigenvalue weighted by Crippen LogP contribution is 2.18. The number of rotatable bonds is 5. The molecule has 0 saturated carbocycles. The number of aromatic nitrogens is 2. The van der Waals surface area contributed by atoms with E-state index in [0.29, 0.717) is 28.8 Å². The lowest BCUT2D eigenvalue weighted by Gasteiger charge is -2.10. The van der Waals surface area contributed by atoms with E-state index in [1.807, 2.05) is 26.0 Å². The first-order valence-electron chi connectivity index (χ1n) is 7.00. The number of benzene rings is 1. The van der Waals surface area contributed by atoms with Gasteiger partial charge >= 0.3 is 0 Å². The number of aliphatic hydroxyl groups excluding tert-OH is 1. The average molecular weight is 320 g/mol. The van der Waals surface area contributed by atoms with Crippen LogP contribution in [0.25, 0.3) is 11.4 Å². The molecule has 6 heteroatoms. The number of hydrogen-bond acceptors (Lipinski definition) is 4. The van der Waals surface area contributed by atoms with Crippen LogP contribution < -0.4 is 5.32 Å². The Bertz CT molecular complexity index is 659. The van der Waals surface area contributed by atoms with E-state index in [2.05, 4.69) is 15.3 Å². The molecule has 2 rings (SSSR count). The van der Waals surface area contributed by atoms with Crippen molar-refractivity contribution in [1.29, 1.82) is 0 Å². The lowest BCUT2D eigenvalue weighted by atomic mass is 10.2. The van der Waals surface area contributed by atoms with Gasteiger partial charge in [-0.3, -0.25) is 4.79 Å². The van der Waals surface area contributed by atoms with Crippen LogP contribution in [0.4, 0.5) is 0 Å². The van der Waals surface area contributed by atoms with E-state index in [4.69, 9.17) is 16.7 Å². The van der Waals surface area contributed by atoms with Gasteiger partial charge in [-0.25, -0.2) is 9.97 Å². The smallest absolute Gasteiger partial charge is 0.270 e. The molecule has 1 aromatic carbocycles. The van der Waals surface area contributed by atoms with Crippen LogP contribution >= 0.6 is 11.6 Å². The molecule has 0 aliphatic heterocycles. The van der Waals surface area contributed by atoms with Crippen molar-refractivity contribution >= 4 is 17.5 Å². The van der Waals surface area contributed by atoms with Gasteiger partial charge in [0.05, 0.1) is 0 Å². The molecule has 5 nitrogen and oxygen atoms in total. The van der Waals surface area contributed by atoms with Crippen molar-refractivity contribution in [3.63, 3.8) is 0 Å². The second-order valence-corrected chi connectivity index (χ2v) is 5.66. The number of hydrogen-bond donors (Lipinski definition) is 2. The summed E-state index contributed by atoms with van der Waals surface area (Å²) in [5.41, 5.74) is 1.81. The van der Waals surface area contributed by atoms with Crippen LogP contribution in [0.5, 0.6) is 0 Å². The fourth-order valence-electron chi connectivity index (χ4n) is 1.83. The van der Waals surface area contributed by atoms with Crippen LogP contribution in [-0.2, 0) is 0 Å². The van der Waals surface area contributed by atoms with E-state index in [-0.39, 0.29) is 18.4 Å². The van der Waals surface area contributed by atoms with Crippen LogP contribution in [0, 0.1) is 12.8 Å². The molecule has 1 aromatic heterocycles. The van der Waals surface area contributed by atoms with Gasteiger partial charge in [-0.2, -0.15) is 0 Å². The topological polar surface area (TPSA) is 75.1 Å². The quantitative estimate of drug-likeness (QED) is 0.887. The summed E-state index contributed by atoms with van der Waals surface area (Å²) in [6.07, 6.45) is 0. The van der Waals surface area contributed by atoms with Gasteiger partial charge in [0.1, 0.15) is 5.69 Å². The van der Waals surface area contributed by atoms with Gasteiger partial charge in [-0.05, 0) is 43.2 Å². The molecule has 2 aromatic rings. The summed E-state index contributed by atoms with van der Waals surface area (Å²) in [5.74, 6) is 0.209. The fourth-order valence-corrected chi connectivity index (χ4v) is 1.96. The summed E-state index contributed by atoms with van der Waals surface area (Å²) in [6.45, 7) is 4.09. The van der Waals surface area contributed by atoms with Crippen LogP contribution in [0.1, 0.15) is 23.1 Å². The highest BCUT2D eigenvalue weighted by atomic mass is 35.5. The normalized spacial score (nSPS) is 12.0. The van der Waals surface area contributed by atoms with Gasteiger partial charge in [0.15, 0.2) is 5.82 Å². The zero-order valence-electron chi connectivity index (χ0n) is 12.5. The lowest BCUT2D eigenvalue weighted by molar-refractivity contribution is 0.0937. The van der Waals surface area contributed by atoms with Crippen LogP contribution in [0.3, 0.4) is 0 Å². The predicted octanol–water partition coefficient (Wildman–Crippen LogP) is 2.46. The minimum atomic E-state index is -0.277. The van der Waals surface area contributed by atoms with E-state index >= 15 is 0 Å². The monoisotopic (exact) mass is 319 g/mol. The Hall–Kier alpha value is -1.98. The summed E-state index contributed by atoms with van der Waals surface area (Å²) in [6, 6.07) is 8.77. The molecule has 22 heavy (non-hydrogen) atoms. The Labute approximate surface area is 134 Å². The van der Waals surface area contributed by atoms with Crippen LogP contribution in [0.2, 0.25) is 5.02 Å². The highest BCUT2D eigenvalue weighted by molar-refractivity contribution is 6.30. The number of nitrogens with one attached hydrogen (secondary N) is 1. The van der Waals surface area contributed by atoms with Crippen molar-refractivity contribution in [2.45, 2.75) is 13.8 Å². The van der Waals surface area contributed by atoms with Crippen molar-refractivity contribution in [2.24, 2.45) is 5.92 Å². The highest BCUT2D eigenvalue weighted by Gasteiger charge is 2.12. The molecular weight excluding hydrogens is 302 g/mol. The molecule has 0 spiro atoms. The number of aryl methyl sites for hydroxylation is 1. The second kappa shape index (κ2) is 7.33. The molecule has 0 saturated heterocycles. The van der Waals surface area contributed by atoms with Gasteiger partial charge in [0.2, 0.25) is 0 Å². The Kier molecular flexibility index (Phi) is 5.46. The van der Waals surface area contributed by atoms with Crippen LogP contribution in [0.15, 0.2) is 30.3 Å². The van der Waals surface area contributed by atoms with E-state index in [0.717, 1.165) is 5.56 Å². The van der Waals surface area contributed by atoms with Crippen molar-refractivity contribution < 1.29 is 9.90 Å². The van der Waals surface area contributed by atoms with Gasteiger partial charge in [-0.15, -0.1) is 0 Å². The molecular formula is C16H18ClN3O2. The molecule has 1 heterocycles. The lowest BCUT2D eigenvalue weighted by Crippen LogP contribution is -2.30. The number of amides is 1. The van der Waals surface area contributed by atoms with Gasteiger partial charge < -0.3 is 10.4 Å². The van der Waals surface area contributed by atoms with E-state index in [1.165, 1.54) is 0 Å². The zero-order chi connectivity index (χ0) is 16.1. The molecule has 0 aliphatic rings. The molecule has 1 unspecified atom stereocenters. The third-order valence-electron chi connectivity index (χ3n) is 3.11. The molecule has 0 bridgehead atoms. The Morgan fingerprint density at radius 2 is 2.00 bits per heavy atom. The summed E-state index contributed by atoms with van der Waals surface area (Å²) >= 11 is 5.87. The zero-order valence-corrected chi connectivity index (χ0v) is 13.3. The van der Waals surface area contributed by atoms with E-state index < -0.39 is 0 Å². The number of carbonyl (C=O) groups excluding carboxylic acids is 1. The Morgan fingerprint density at radius 3 is 2.64 bits per heavy atom. The summed E-state index contributed by atoms with van der Waals surface area (Å²) in [4.78, 5) is 20.8. The maximum absolute atomic E-state index is 12.2. The first kappa shape index (κ1) is 16.4. The molecule has 1 atom stereocenters. The molecule has 0 aliphatic carbocycles. The summed E-state index contributed by atoms with van der Waals surface area (Å²) < 4.78 is 0. The Morgan fingerprint density at radius 1 is 1.32 bits per heavy atom. The van der Waals surface area contributed by atoms with E-state index in [1.54, 1.807) is 18.2 Å². The number of halogens is 1. The largest absolute Gasteiger partial charge is 0.396 e. The third-order valence-corrected chi connectivity index (χ3v) is 3.36. The molecule has 2 N–H and O–H groups in total. The van der Waals surface area contributed by atoms with Crippen LogP contribution in [-0.4, -0.2) is 34.1 Å². The molecule has 116 valence electrons.